The standard InChI is InChI=1S/C14H20N2O/c1-3-16-10-12(2)11-17-14-6-4-13(5-7-14)8-9-15/h4-7,12,16H,3,8,10-11H2,1-2H3. The molecule has 1 atom stereocenters. The van der Waals surface area contributed by atoms with E-state index in [-0.39, 0.29) is 0 Å². The minimum atomic E-state index is 0.455. The summed E-state index contributed by atoms with van der Waals surface area (Å²) >= 11 is 0. The second-order valence-corrected chi connectivity index (χ2v) is 4.20. The van der Waals surface area contributed by atoms with Gasteiger partial charge in [0.1, 0.15) is 5.75 Å². The Hall–Kier alpha value is -1.53. The van der Waals surface area contributed by atoms with E-state index in [4.69, 9.17) is 10.00 Å². The van der Waals surface area contributed by atoms with Gasteiger partial charge in [-0.3, -0.25) is 0 Å². The van der Waals surface area contributed by atoms with Crippen molar-refractivity contribution in [3.8, 4) is 11.8 Å². The maximum Gasteiger partial charge on any atom is 0.119 e. The summed E-state index contributed by atoms with van der Waals surface area (Å²) in [7, 11) is 0. The molecule has 3 heteroatoms. The van der Waals surface area contributed by atoms with Crippen LogP contribution in [0.3, 0.4) is 0 Å². The molecule has 0 aliphatic heterocycles. The van der Waals surface area contributed by atoms with Crippen LogP contribution < -0.4 is 10.1 Å². The quantitative estimate of drug-likeness (QED) is 0.785. The molecule has 0 radical (unpaired) electrons. The Bertz CT molecular complexity index is 353. The van der Waals surface area contributed by atoms with Gasteiger partial charge in [0.05, 0.1) is 19.1 Å². The van der Waals surface area contributed by atoms with Gasteiger partial charge in [0.2, 0.25) is 0 Å². The highest BCUT2D eigenvalue weighted by Gasteiger charge is 2.02. The average molecular weight is 232 g/mol. The van der Waals surface area contributed by atoms with Gasteiger partial charge in [0, 0.05) is 12.5 Å². The largest absolute Gasteiger partial charge is 0.493 e. The maximum absolute atomic E-state index is 8.56. The SMILES string of the molecule is CCNCC(C)COc1ccc(CC#N)cc1. The fourth-order valence-corrected chi connectivity index (χ4v) is 1.48. The van der Waals surface area contributed by atoms with E-state index in [1.807, 2.05) is 24.3 Å². The Balaban J connectivity index is 2.34. The van der Waals surface area contributed by atoms with Crippen molar-refractivity contribution in [3.05, 3.63) is 29.8 Å². The van der Waals surface area contributed by atoms with Crippen LogP contribution in [0.2, 0.25) is 0 Å². The molecule has 1 aromatic rings. The molecule has 1 aromatic carbocycles. The van der Waals surface area contributed by atoms with Crippen LogP contribution in [0.25, 0.3) is 0 Å². The fraction of sp³-hybridized carbons (Fsp3) is 0.500. The van der Waals surface area contributed by atoms with Crippen molar-refractivity contribution in [1.29, 1.82) is 5.26 Å². The zero-order valence-electron chi connectivity index (χ0n) is 10.6. The summed E-state index contributed by atoms with van der Waals surface area (Å²) in [6.07, 6.45) is 0.455. The lowest BCUT2D eigenvalue weighted by Gasteiger charge is -2.13. The van der Waals surface area contributed by atoms with E-state index < -0.39 is 0 Å². The first-order valence-electron chi connectivity index (χ1n) is 6.05. The van der Waals surface area contributed by atoms with Gasteiger partial charge in [-0.2, -0.15) is 5.26 Å². The number of benzene rings is 1. The lowest BCUT2D eigenvalue weighted by atomic mass is 10.1. The van der Waals surface area contributed by atoms with Crippen LogP contribution in [0.5, 0.6) is 5.75 Å². The Morgan fingerprint density at radius 2 is 2.06 bits per heavy atom. The molecular weight excluding hydrogens is 212 g/mol. The fourth-order valence-electron chi connectivity index (χ4n) is 1.48. The summed E-state index contributed by atoms with van der Waals surface area (Å²) in [4.78, 5) is 0. The summed E-state index contributed by atoms with van der Waals surface area (Å²) in [5.74, 6) is 1.36. The predicted molar refractivity (Wildman–Crippen MR) is 69.0 cm³/mol. The van der Waals surface area contributed by atoms with Crippen LogP contribution in [-0.2, 0) is 6.42 Å². The zero-order chi connectivity index (χ0) is 12.5. The van der Waals surface area contributed by atoms with Gasteiger partial charge in [-0.15, -0.1) is 0 Å². The van der Waals surface area contributed by atoms with Gasteiger partial charge in [-0.25, -0.2) is 0 Å². The van der Waals surface area contributed by atoms with Crippen molar-refractivity contribution in [3.63, 3.8) is 0 Å². The van der Waals surface area contributed by atoms with E-state index in [1.54, 1.807) is 0 Å². The molecule has 0 heterocycles. The van der Waals surface area contributed by atoms with Gasteiger partial charge in [0.15, 0.2) is 0 Å². The summed E-state index contributed by atoms with van der Waals surface area (Å²) in [6.45, 7) is 6.94. The van der Waals surface area contributed by atoms with Crippen molar-refractivity contribution >= 4 is 0 Å². The van der Waals surface area contributed by atoms with E-state index in [1.165, 1.54) is 0 Å². The van der Waals surface area contributed by atoms with Crippen molar-refractivity contribution in [1.82, 2.24) is 5.32 Å². The second-order valence-electron chi connectivity index (χ2n) is 4.20. The number of nitrogens with one attached hydrogen (secondary N) is 1. The molecule has 92 valence electrons. The first kappa shape index (κ1) is 13.5. The Kier molecular flexibility index (Phi) is 6.13. The molecule has 0 aliphatic carbocycles. The first-order valence-corrected chi connectivity index (χ1v) is 6.05. The summed E-state index contributed by atoms with van der Waals surface area (Å²) in [5.41, 5.74) is 1.03. The van der Waals surface area contributed by atoms with Crippen LogP contribution in [0.4, 0.5) is 0 Å². The summed E-state index contributed by atoms with van der Waals surface area (Å²) in [6, 6.07) is 9.85. The summed E-state index contributed by atoms with van der Waals surface area (Å²) in [5, 5.41) is 11.9. The van der Waals surface area contributed by atoms with E-state index >= 15 is 0 Å². The molecule has 0 aromatic heterocycles. The highest BCUT2D eigenvalue weighted by atomic mass is 16.5. The Labute approximate surface area is 103 Å². The zero-order valence-corrected chi connectivity index (χ0v) is 10.6. The average Bonchev–Trinajstić information content (AvgIpc) is 2.36. The third-order valence-electron chi connectivity index (χ3n) is 2.48. The molecule has 0 fully saturated rings. The van der Waals surface area contributed by atoms with Crippen molar-refractivity contribution < 1.29 is 4.74 Å². The molecule has 0 saturated carbocycles. The number of rotatable bonds is 7. The normalized spacial score (nSPS) is 11.8. The van der Waals surface area contributed by atoms with Gasteiger partial charge in [-0.05, 0) is 24.2 Å². The second kappa shape index (κ2) is 7.70. The van der Waals surface area contributed by atoms with E-state index in [0.29, 0.717) is 18.9 Å². The Morgan fingerprint density at radius 1 is 1.35 bits per heavy atom. The van der Waals surface area contributed by atoms with E-state index in [9.17, 15) is 0 Å². The van der Waals surface area contributed by atoms with Crippen LogP contribution in [0, 0.1) is 17.2 Å². The molecule has 0 spiro atoms. The smallest absolute Gasteiger partial charge is 0.119 e. The maximum atomic E-state index is 8.56. The van der Waals surface area contributed by atoms with Crippen molar-refractivity contribution in [2.45, 2.75) is 20.3 Å². The Morgan fingerprint density at radius 3 is 2.65 bits per heavy atom. The van der Waals surface area contributed by atoms with E-state index in [0.717, 1.165) is 24.4 Å². The van der Waals surface area contributed by atoms with Crippen LogP contribution in [0.1, 0.15) is 19.4 Å². The molecule has 3 nitrogen and oxygen atoms in total. The number of hydrogen-bond acceptors (Lipinski definition) is 3. The highest BCUT2D eigenvalue weighted by molar-refractivity contribution is 5.28. The number of nitriles is 1. The van der Waals surface area contributed by atoms with Crippen LogP contribution in [0.15, 0.2) is 24.3 Å². The number of hydrogen-bond donors (Lipinski definition) is 1. The van der Waals surface area contributed by atoms with Crippen molar-refractivity contribution in [2.75, 3.05) is 19.7 Å². The highest BCUT2D eigenvalue weighted by Crippen LogP contribution is 2.13. The molecule has 1 N–H and O–H groups in total. The van der Waals surface area contributed by atoms with Crippen molar-refractivity contribution in [2.24, 2.45) is 5.92 Å². The molecule has 0 saturated heterocycles. The number of ether oxygens (including phenoxy) is 1. The number of nitrogens with zero attached hydrogens (tertiary/aromatic N) is 1. The molecule has 0 amide bonds. The monoisotopic (exact) mass is 232 g/mol. The van der Waals surface area contributed by atoms with Crippen LogP contribution in [-0.4, -0.2) is 19.7 Å². The third kappa shape index (κ3) is 5.37. The molecule has 0 bridgehead atoms. The predicted octanol–water partition coefficient (Wildman–Crippen LogP) is 2.38. The van der Waals surface area contributed by atoms with Gasteiger partial charge in [0.25, 0.3) is 0 Å². The topological polar surface area (TPSA) is 45.0 Å². The van der Waals surface area contributed by atoms with Crippen LogP contribution >= 0.6 is 0 Å². The van der Waals surface area contributed by atoms with Gasteiger partial charge in [-0.1, -0.05) is 26.0 Å². The van der Waals surface area contributed by atoms with Gasteiger partial charge >= 0.3 is 0 Å². The minimum Gasteiger partial charge on any atom is -0.493 e. The third-order valence-corrected chi connectivity index (χ3v) is 2.48. The van der Waals surface area contributed by atoms with Gasteiger partial charge < -0.3 is 10.1 Å². The summed E-state index contributed by atoms with van der Waals surface area (Å²) < 4.78 is 5.68. The molecule has 0 aliphatic rings. The lowest BCUT2D eigenvalue weighted by Crippen LogP contribution is -2.24. The van der Waals surface area contributed by atoms with E-state index in [2.05, 4.69) is 25.2 Å². The molecule has 17 heavy (non-hydrogen) atoms. The first-order chi connectivity index (χ1) is 8.26. The molecule has 1 unspecified atom stereocenters. The molecule has 1 rings (SSSR count). The molecular formula is C14H20N2O. The minimum absolute atomic E-state index is 0.455. The lowest BCUT2D eigenvalue weighted by molar-refractivity contribution is 0.256.